The van der Waals surface area contributed by atoms with Gasteiger partial charge in [-0.3, -0.25) is 0 Å². The molecule has 13 heavy (non-hydrogen) atoms. The Labute approximate surface area is 82.0 Å². The van der Waals surface area contributed by atoms with Crippen LogP contribution in [0.2, 0.25) is 0 Å². The summed E-state index contributed by atoms with van der Waals surface area (Å²) in [6, 6.07) is 8.96. The van der Waals surface area contributed by atoms with Crippen molar-refractivity contribution in [1.29, 1.82) is 0 Å². The lowest BCUT2D eigenvalue weighted by Crippen LogP contribution is -1.89. The zero-order chi connectivity index (χ0) is 9.68. The van der Waals surface area contributed by atoms with E-state index in [1.807, 2.05) is 0 Å². The summed E-state index contributed by atoms with van der Waals surface area (Å²) in [5.74, 6) is 0.641. The average Bonchev–Trinajstić information content (AvgIpc) is 2.15. The number of benzene rings is 1. The van der Waals surface area contributed by atoms with Gasteiger partial charge in [-0.05, 0) is 29.9 Å². The molecule has 0 N–H and O–H groups in total. The fraction of sp³-hybridized carbons (Fsp3) is 0.462. The van der Waals surface area contributed by atoms with Crippen LogP contribution in [0.4, 0.5) is 0 Å². The van der Waals surface area contributed by atoms with Crippen LogP contribution in [0.1, 0.15) is 43.7 Å². The summed E-state index contributed by atoms with van der Waals surface area (Å²) in [5.41, 5.74) is 2.87. The third-order valence-electron chi connectivity index (χ3n) is 2.36. The molecule has 1 rings (SSSR count). The predicted octanol–water partition coefficient (Wildman–Crippen LogP) is 3.97. The molecule has 0 heterocycles. The lowest BCUT2D eigenvalue weighted by Gasteiger charge is -2.06. The van der Waals surface area contributed by atoms with Crippen molar-refractivity contribution in [2.75, 3.05) is 0 Å². The summed E-state index contributed by atoms with van der Waals surface area (Å²) < 4.78 is 0. The molecule has 0 bridgehead atoms. The Morgan fingerprint density at radius 3 is 2.23 bits per heavy atom. The number of rotatable bonds is 4. The summed E-state index contributed by atoms with van der Waals surface area (Å²) in [6.45, 7) is 8.30. The Bertz CT molecular complexity index is 231. The third-order valence-corrected chi connectivity index (χ3v) is 2.36. The van der Waals surface area contributed by atoms with Crippen LogP contribution in [0.25, 0.3) is 0 Å². The van der Waals surface area contributed by atoms with Crippen LogP contribution in [0.3, 0.4) is 0 Å². The van der Waals surface area contributed by atoms with Crippen LogP contribution in [0.15, 0.2) is 24.3 Å². The molecule has 0 heteroatoms. The summed E-state index contributed by atoms with van der Waals surface area (Å²) in [4.78, 5) is 0. The van der Waals surface area contributed by atoms with E-state index < -0.39 is 0 Å². The molecule has 0 aliphatic heterocycles. The molecule has 0 fully saturated rings. The fourth-order valence-electron chi connectivity index (χ4n) is 1.40. The normalized spacial score (nSPS) is 10.8. The van der Waals surface area contributed by atoms with E-state index in [2.05, 4.69) is 45.0 Å². The number of hydrogen-bond acceptors (Lipinski definition) is 0. The number of hydrogen-bond donors (Lipinski definition) is 0. The van der Waals surface area contributed by atoms with Crippen LogP contribution in [-0.4, -0.2) is 0 Å². The smallest absolute Gasteiger partial charge is 0.0219 e. The molecule has 0 aliphatic rings. The highest BCUT2D eigenvalue weighted by molar-refractivity contribution is 5.24. The molecule has 0 spiro atoms. The molecule has 1 aromatic carbocycles. The predicted molar refractivity (Wildman–Crippen MR) is 58.8 cm³/mol. The maximum atomic E-state index is 3.85. The van der Waals surface area contributed by atoms with Crippen molar-refractivity contribution >= 4 is 0 Å². The van der Waals surface area contributed by atoms with E-state index in [1.54, 1.807) is 0 Å². The SMILES string of the molecule is [CH2]CCCc1ccc(C(C)C)cc1. The Morgan fingerprint density at radius 1 is 1.15 bits per heavy atom. The van der Waals surface area contributed by atoms with Gasteiger partial charge in [-0.2, -0.15) is 0 Å². The summed E-state index contributed by atoms with van der Waals surface area (Å²) in [7, 11) is 0. The Kier molecular flexibility index (Phi) is 4.01. The van der Waals surface area contributed by atoms with Gasteiger partial charge in [0.1, 0.15) is 0 Å². The van der Waals surface area contributed by atoms with Gasteiger partial charge >= 0.3 is 0 Å². The molecule has 0 unspecified atom stereocenters. The second-order valence-electron chi connectivity index (χ2n) is 3.85. The van der Waals surface area contributed by atoms with E-state index in [4.69, 9.17) is 0 Å². The van der Waals surface area contributed by atoms with Crippen molar-refractivity contribution in [3.05, 3.63) is 42.3 Å². The Morgan fingerprint density at radius 2 is 1.77 bits per heavy atom. The van der Waals surface area contributed by atoms with E-state index in [-0.39, 0.29) is 0 Å². The van der Waals surface area contributed by atoms with Gasteiger partial charge in [0.25, 0.3) is 0 Å². The maximum Gasteiger partial charge on any atom is -0.0219 e. The molecule has 0 saturated heterocycles. The first-order valence-electron chi connectivity index (χ1n) is 5.12. The largest absolute Gasteiger partial charge is 0.0588 e. The van der Waals surface area contributed by atoms with Crippen molar-refractivity contribution in [3.63, 3.8) is 0 Å². The van der Waals surface area contributed by atoms with Crippen molar-refractivity contribution in [2.45, 2.75) is 39.0 Å². The van der Waals surface area contributed by atoms with E-state index in [1.165, 1.54) is 24.0 Å². The lowest BCUT2D eigenvalue weighted by atomic mass is 10.00. The molecule has 1 radical (unpaired) electrons. The van der Waals surface area contributed by atoms with Crippen molar-refractivity contribution in [1.82, 2.24) is 0 Å². The highest BCUT2D eigenvalue weighted by atomic mass is 14.0. The fourth-order valence-corrected chi connectivity index (χ4v) is 1.40. The molecule has 0 nitrogen and oxygen atoms in total. The molecule has 1 aromatic rings. The molecule has 0 atom stereocenters. The van der Waals surface area contributed by atoms with Crippen molar-refractivity contribution < 1.29 is 0 Å². The highest BCUT2D eigenvalue weighted by Crippen LogP contribution is 2.15. The Hall–Kier alpha value is -0.780. The van der Waals surface area contributed by atoms with E-state index in [9.17, 15) is 0 Å². The minimum absolute atomic E-state index is 0.641. The van der Waals surface area contributed by atoms with E-state index in [0.717, 1.165) is 6.42 Å². The average molecular weight is 175 g/mol. The minimum Gasteiger partial charge on any atom is -0.0588 e. The van der Waals surface area contributed by atoms with E-state index >= 15 is 0 Å². The standard InChI is InChI=1S/C13H19/c1-4-5-6-12-7-9-13(10-8-12)11(2)3/h7-11H,1,4-6H2,2-3H3. The van der Waals surface area contributed by atoms with Crippen LogP contribution in [0.5, 0.6) is 0 Å². The monoisotopic (exact) mass is 175 g/mol. The van der Waals surface area contributed by atoms with Gasteiger partial charge in [-0.25, -0.2) is 0 Å². The zero-order valence-electron chi connectivity index (χ0n) is 8.72. The quantitative estimate of drug-likeness (QED) is 0.649. The second kappa shape index (κ2) is 5.06. The minimum atomic E-state index is 0.641. The van der Waals surface area contributed by atoms with Crippen LogP contribution in [0, 0.1) is 6.92 Å². The number of aryl methyl sites for hydroxylation is 1. The van der Waals surface area contributed by atoms with Gasteiger partial charge in [-0.1, -0.05) is 51.5 Å². The maximum absolute atomic E-state index is 3.85. The van der Waals surface area contributed by atoms with Crippen LogP contribution in [-0.2, 0) is 6.42 Å². The molecule has 0 aromatic heterocycles. The zero-order valence-corrected chi connectivity index (χ0v) is 8.72. The van der Waals surface area contributed by atoms with Gasteiger partial charge in [-0.15, -0.1) is 0 Å². The summed E-state index contributed by atoms with van der Waals surface area (Å²) in [5, 5.41) is 0. The first kappa shape index (κ1) is 10.3. The molecule has 71 valence electrons. The van der Waals surface area contributed by atoms with Crippen molar-refractivity contribution in [3.8, 4) is 0 Å². The van der Waals surface area contributed by atoms with Gasteiger partial charge in [0.15, 0.2) is 0 Å². The second-order valence-corrected chi connectivity index (χ2v) is 3.85. The first-order chi connectivity index (χ1) is 6.24. The third kappa shape index (κ3) is 3.22. The molecule has 0 saturated carbocycles. The van der Waals surface area contributed by atoms with Gasteiger partial charge in [0, 0.05) is 0 Å². The van der Waals surface area contributed by atoms with Crippen LogP contribution < -0.4 is 0 Å². The number of unbranched alkanes of at least 4 members (excludes halogenated alkanes) is 1. The summed E-state index contributed by atoms with van der Waals surface area (Å²) >= 11 is 0. The molecule has 0 amide bonds. The molecular formula is C13H19. The van der Waals surface area contributed by atoms with Crippen molar-refractivity contribution in [2.24, 2.45) is 0 Å². The van der Waals surface area contributed by atoms with Gasteiger partial charge < -0.3 is 0 Å². The van der Waals surface area contributed by atoms with Gasteiger partial charge in [0.2, 0.25) is 0 Å². The lowest BCUT2D eigenvalue weighted by molar-refractivity contribution is 0.833. The Balaban J connectivity index is 2.59. The van der Waals surface area contributed by atoms with E-state index in [0.29, 0.717) is 5.92 Å². The summed E-state index contributed by atoms with van der Waals surface area (Å²) in [6.07, 6.45) is 3.40. The van der Waals surface area contributed by atoms with Gasteiger partial charge in [0.05, 0.1) is 0 Å². The molecule has 0 aliphatic carbocycles. The molecular weight excluding hydrogens is 156 g/mol. The topological polar surface area (TPSA) is 0 Å². The first-order valence-corrected chi connectivity index (χ1v) is 5.12. The van der Waals surface area contributed by atoms with Crippen LogP contribution >= 0.6 is 0 Å². The highest BCUT2D eigenvalue weighted by Gasteiger charge is 1.98.